The minimum absolute atomic E-state index is 0.108. The summed E-state index contributed by atoms with van der Waals surface area (Å²) in [7, 11) is 4.01. The van der Waals surface area contributed by atoms with Gasteiger partial charge in [0, 0.05) is 12.8 Å². The van der Waals surface area contributed by atoms with E-state index in [0.717, 1.165) is 57.9 Å². The Morgan fingerprint density at radius 3 is 1.54 bits per heavy atom. The van der Waals surface area contributed by atoms with Gasteiger partial charge in [-0.25, -0.2) is 0 Å². The average molecular weight is 552 g/mol. The van der Waals surface area contributed by atoms with Gasteiger partial charge in [-0.3, -0.25) is 9.59 Å². The molecule has 0 saturated carbocycles. The third kappa shape index (κ3) is 30.7. The molecule has 0 radical (unpaired) electrons. The molecule has 6 heteroatoms. The number of ether oxygens (including phenoxy) is 2. The average Bonchev–Trinajstić information content (AvgIpc) is 2.89. The molecular formula is C33H61NO5. The van der Waals surface area contributed by atoms with Crippen LogP contribution in [0.15, 0.2) is 24.3 Å². The van der Waals surface area contributed by atoms with E-state index in [2.05, 4.69) is 17.1 Å². The fourth-order valence-corrected chi connectivity index (χ4v) is 4.38. The molecule has 1 atom stereocenters. The van der Waals surface area contributed by atoms with Gasteiger partial charge in [-0.05, 0) is 72.0 Å². The number of nitrogens with zero attached hydrogens (tertiary/aromatic N) is 1. The molecule has 6 nitrogen and oxygen atoms in total. The van der Waals surface area contributed by atoms with Crippen LogP contribution < -0.4 is 0 Å². The van der Waals surface area contributed by atoms with Crippen molar-refractivity contribution in [2.24, 2.45) is 0 Å². The Morgan fingerprint density at radius 2 is 1.08 bits per heavy atom. The van der Waals surface area contributed by atoms with Crippen LogP contribution in [0.1, 0.15) is 135 Å². The van der Waals surface area contributed by atoms with Gasteiger partial charge in [-0.1, -0.05) is 95.4 Å². The van der Waals surface area contributed by atoms with E-state index < -0.39 is 0 Å². The Hall–Kier alpha value is -1.66. The minimum Gasteiger partial charge on any atom is -0.461 e. The molecule has 0 aliphatic carbocycles. The Bertz CT molecular complexity index is 617. The van der Waals surface area contributed by atoms with Gasteiger partial charge in [0.1, 0.15) is 13.2 Å². The van der Waals surface area contributed by atoms with Gasteiger partial charge < -0.3 is 19.5 Å². The van der Waals surface area contributed by atoms with E-state index in [1.165, 1.54) is 64.2 Å². The van der Waals surface area contributed by atoms with Crippen LogP contribution >= 0.6 is 0 Å². The summed E-state index contributed by atoms with van der Waals surface area (Å²) in [4.78, 5) is 24.9. The molecule has 0 heterocycles. The summed E-state index contributed by atoms with van der Waals surface area (Å²) in [6.07, 6.45) is 29.3. The molecular weight excluding hydrogens is 490 g/mol. The molecule has 0 aromatic heterocycles. The predicted octanol–water partition coefficient (Wildman–Crippen LogP) is 7.93. The first kappa shape index (κ1) is 37.3. The number of esters is 2. The second kappa shape index (κ2) is 29.3. The minimum atomic E-state index is -0.131. The molecule has 228 valence electrons. The maximum absolute atomic E-state index is 11.6. The van der Waals surface area contributed by atoms with Crippen molar-refractivity contribution in [3.63, 3.8) is 0 Å². The van der Waals surface area contributed by atoms with Crippen LogP contribution in [0.4, 0.5) is 0 Å². The van der Waals surface area contributed by atoms with Crippen LogP contribution in [0.2, 0.25) is 0 Å². The molecule has 0 saturated heterocycles. The van der Waals surface area contributed by atoms with Gasteiger partial charge in [-0.2, -0.15) is 0 Å². The van der Waals surface area contributed by atoms with Crippen molar-refractivity contribution in [3.05, 3.63) is 24.3 Å². The third-order valence-corrected chi connectivity index (χ3v) is 6.77. The van der Waals surface area contributed by atoms with Gasteiger partial charge in [-0.15, -0.1) is 0 Å². The maximum Gasteiger partial charge on any atom is 0.306 e. The lowest BCUT2D eigenvalue weighted by Gasteiger charge is -2.10. The van der Waals surface area contributed by atoms with Crippen molar-refractivity contribution >= 4 is 11.9 Å². The summed E-state index contributed by atoms with van der Waals surface area (Å²) >= 11 is 0. The lowest BCUT2D eigenvalue weighted by molar-refractivity contribution is -0.143. The second-order valence-electron chi connectivity index (χ2n) is 11.0. The summed E-state index contributed by atoms with van der Waals surface area (Å²) in [6.45, 7) is 3.68. The lowest BCUT2D eigenvalue weighted by atomic mass is 10.0. The molecule has 0 aliphatic rings. The predicted molar refractivity (Wildman–Crippen MR) is 163 cm³/mol. The van der Waals surface area contributed by atoms with Gasteiger partial charge in [0.05, 0.1) is 6.10 Å². The first-order chi connectivity index (χ1) is 19.0. The smallest absolute Gasteiger partial charge is 0.306 e. The van der Waals surface area contributed by atoms with Crippen molar-refractivity contribution in [3.8, 4) is 0 Å². The molecule has 1 unspecified atom stereocenters. The van der Waals surface area contributed by atoms with E-state index in [1.54, 1.807) is 0 Å². The third-order valence-electron chi connectivity index (χ3n) is 6.77. The largest absolute Gasteiger partial charge is 0.461 e. The van der Waals surface area contributed by atoms with Crippen LogP contribution in [-0.4, -0.2) is 61.9 Å². The first-order valence-electron chi connectivity index (χ1n) is 15.9. The van der Waals surface area contributed by atoms with Crippen molar-refractivity contribution in [2.45, 2.75) is 141 Å². The van der Waals surface area contributed by atoms with Crippen LogP contribution in [0.5, 0.6) is 0 Å². The van der Waals surface area contributed by atoms with E-state index in [9.17, 15) is 14.7 Å². The lowest BCUT2D eigenvalue weighted by Crippen LogP contribution is -2.15. The van der Waals surface area contributed by atoms with Gasteiger partial charge >= 0.3 is 11.9 Å². The van der Waals surface area contributed by atoms with Crippen molar-refractivity contribution < 1.29 is 24.2 Å². The zero-order chi connectivity index (χ0) is 28.8. The molecule has 0 aromatic carbocycles. The topological polar surface area (TPSA) is 76.1 Å². The molecule has 0 aromatic rings. The summed E-state index contributed by atoms with van der Waals surface area (Å²) in [5, 5.41) is 10.2. The Morgan fingerprint density at radius 1 is 0.641 bits per heavy atom. The highest BCUT2D eigenvalue weighted by molar-refractivity contribution is 5.69. The SMILES string of the molecule is CCCC(=O)OC/C=C\CCCCCCCCC(O)CCCCCCCC/C=C\COC(=O)CCCN(C)C. The summed E-state index contributed by atoms with van der Waals surface area (Å²) in [6, 6.07) is 0. The highest BCUT2D eigenvalue weighted by Crippen LogP contribution is 2.15. The van der Waals surface area contributed by atoms with E-state index in [1.807, 2.05) is 33.2 Å². The molecule has 0 bridgehead atoms. The highest BCUT2D eigenvalue weighted by Gasteiger charge is 2.04. The molecule has 0 rings (SSSR count). The first-order valence-corrected chi connectivity index (χ1v) is 15.9. The maximum atomic E-state index is 11.6. The number of hydrogen-bond acceptors (Lipinski definition) is 6. The van der Waals surface area contributed by atoms with Crippen molar-refractivity contribution in [1.82, 2.24) is 4.90 Å². The van der Waals surface area contributed by atoms with Gasteiger partial charge in [0.25, 0.3) is 0 Å². The fraction of sp³-hybridized carbons (Fsp3) is 0.818. The summed E-state index contributed by atoms with van der Waals surface area (Å²) < 4.78 is 10.3. The van der Waals surface area contributed by atoms with Crippen molar-refractivity contribution in [2.75, 3.05) is 33.9 Å². The zero-order valence-corrected chi connectivity index (χ0v) is 25.7. The number of rotatable bonds is 28. The number of unbranched alkanes of at least 4 members (excludes halogenated alkanes) is 12. The van der Waals surface area contributed by atoms with E-state index >= 15 is 0 Å². The van der Waals surface area contributed by atoms with Crippen LogP contribution in [0.3, 0.4) is 0 Å². The fourth-order valence-electron chi connectivity index (χ4n) is 4.38. The number of allylic oxidation sites excluding steroid dienone is 2. The number of aliphatic hydroxyl groups is 1. The normalized spacial score (nSPS) is 12.5. The Kier molecular flexibility index (Phi) is 28.1. The van der Waals surface area contributed by atoms with Crippen LogP contribution in [0, 0.1) is 0 Å². The quantitative estimate of drug-likeness (QED) is 0.0604. The molecule has 0 fully saturated rings. The van der Waals surface area contributed by atoms with Crippen LogP contribution in [-0.2, 0) is 19.1 Å². The van der Waals surface area contributed by atoms with E-state index in [-0.39, 0.29) is 18.0 Å². The van der Waals surface area contributed by atoms with Gasteiger partial charge in [0.2, 0.25) is 0 Å². The molecule has 0 spiro atoms. The molecule has 1 N–H and O–H groups in total. The van der Waals surface area contributed by atoms with E-state index in [0.29, 0.717) is 26.1 Å². The summed E-state index contributed by atoms with van der Waals surface area (Å²) in [5.41, 5.74) is 0. The highest BCUT2D eigenvalue weighted by atomic mass is 16.5. The number of carbonyl (C=O) groups excluding carboxylic acids is 2. The number of carbonyl (C=O) groups is 2. The molecule has 39 heavy (non-hydrogen) atoms. The Balaban J connectivity index is 3.34. The number of hydrogen-bond donors (Lipinski definition) is 1. The standard InChI is InChI=1S/C33H61NO5/c1-4-24-32(36)38-29-21-17-13-9-5-7-11-15-19-25-31(35)26-20-16-12-8-6-10-14-18-22-30-39-33(37)27-23-28-34(2)3/h17-18,21-22,31,35H,4-16,19-20,23-30H2,1-3H3/b21-17-,22-18-. The van der Waals surface area contributed by atoms with Crippen molar-refractivity contribution in [1.29, 1.82) is 0 Å². The summed E-state index contributed by atoms with van der Waals surface area (Å²) in [5.74, 6) is -0.216. The van der Waals surface area contributed by atoms with Gasteiger partial charge in [0.15, 0.2) is 0 Å². The van der Waals surface area contributed by atoms with Crippen LogP contribution in [0.25, 0.3) is 0 Å². The van der Waals surface area contributed by atoms with E-state index in [4.69, 9.17) is 9.47 Å². The molecule has 0 amide bonds. The second-order valence-corrected chi connectivity index (χ2v) is 11.0. The molecule has 0 aliphatic heterocycles. The Labute approximate surface area is 240 Å². The monoisotopic (exact) mass is 551 g/mol. The zero-order valence-electron chi connectivity index (χ0n) is 25.7. The number of aliphatic hydroxyl groups excluding tert-OH is 1.